The van der Waals surface area contributed by atoms with Gasteiger partial charge in [-0.15, -0.1) is 20.4 Å². The summed E-state index contributed by atoms with van der Waals surface area (Å²) in [5, 5.41) is 15.3. The van der Waals surface area contributed by atoms with Gasteiger partial charge >= 0.3 is 15.5 Å². The maximum Gasteiger partial charge on any atom is 0.516 e. The predicted molar refractivity (Wildman–Crippen MR) is 109 cm³/mol. The number of sulfonamides is 1. The third-order valence-corrected chi connectivity index (χ3v) is 6.46. The van der Waals surface area contributed by atoms with Gasteiger partial charge in [-0.1, -0.05) is 24.7 Å². The molecule has 0 spiro atoms. The van der Waals surface area contributed by atoms with Crippen molar-refractivity contribution >= 4 is 43.6 Å². The minimum atomic E-state index is -5.62. The fourth-order valence-electron chi connectivity index (χ4n) is 3.26. The Balaban J connectivity index is 2.10. The SMILES string of the molecule is CCCCN1c2ccc(N=Nc3nncs3)c(NS(=O)(=O)C(F)(F)F)c2CCC1C. The molecule has 1 N–H and O–H groups in total. The number of azo groups is 1. The van der Waals surface area contributed by atoms with Crippen molar-refractivity contribution in [1.82, 2.24) is 10.2 Å². The number of halogens is 3. The summed E-state index contributed by atoms with van der Waals surface area (Å²) < 4.78 is 64.6. The monoisotopic (exact) mass is 462 g/mol. The highest BCUT2D eigenvalue weighted by Gasteiger charge is 2.47. The molecule has 0 aliphatic carbocycles. The highest BCUT2D eigenvalue weighted by atomic mass is 32.2. The molecule has 1 aliphatic heterocycles. The molecule has 0 saturated heterocycles. The average molecular weight is 463 g/mol. The number of hydrogen-bond donors (Lipinski definition) is 1. The van der Waals surface area contributed by atoms with Crippen LogP contribution in [0.2, 0.25) is 0 Å². The minimum Gasteiger partial charge on any atom is -0.369 e. The van der Waals surface area contributed by atoms with Crippen LogP contribution in [0.15, 0.2) is 27.9 Å². The second-order valence-electron chi connectivity index (χ2n) is 6.86. The predicted octanol–water partition coefficient (Wildman–Crippen LogP) is 5.16. The van der Waals surface area contributed by atoms with E-state index in [9.17, 15) is 21.6 Å². The number of anilines is 2. The molecule has 3 rings (SSSR count). The van der Waals surface area contributed by atoms with Crippen molar-refractivity contribution in [2.24, 2.45) is 10.2 Å². The number of aromatic nitrogens is 2. The molecule has 1 aliphatic rings. The Bertz CT molecular complexity index is 1010. The largest absolute Gasteiger partial charge is 0.516 e. The molecule has 0 saturated carbocycles. The first kappa shape index (κ1) is 22.4. The summed E-state index contributed by atoms with van der Waals surface area (Å²) in [6.07, 6.45) is 2.96. The van der Waals surface area contributed by atoms with Gasteiger partial charge in [-0.25, -0.2) is 0 Å². The molecule has 13 heteroatoms. The number of nitrogens with one attached hydrogen (secondary N) is 1. The molecule has 1 unspecified atom stereocenters. The molecule has 0 radical (unpaired) electrons. The quantitative estimate of drug-likeness (QED) is 0.573. The van der Waals surface area contributed by atoms with Gasteiger partial charge in [-0.05, 0) is 38.3 Å². The molecule has 164 valence electrons. The van der Waals surface area contributed by atoms with Crippen molar-refractivity contribution in [3.8, 4) is 0 Å². The van der Waals surface area contributed by atoms with E-state index in [1.54, 1.807) is 10.8 Å². The summed E-state index contributed by atoms with van der Waals surface area (Å²) in [6.45, 7) is 4.82. The zero-order valence-corrected chi connectivity index (χ0v) is 18.0. The summed E-state index contributed by atoms with van der Waals surface area (Å²) in [6, 6.07) is 3.40. The van der Waals surface area contributed by atoms with Gasteiger partial charge < -0.3 is 4.90 Å². The second kappa shape index (κ2) is 8.84. The fraction of sp³-hybridized carbons (Fsp3) is 0.529. The Kier molecular flexibility index (Phi) is 6.60. The van der Waals surface area contributed by atoms with Crippen molar-refractivity contribution < 1.29 is 21.6 Å². The van der Waals surface area contributed by atoms with Crippen LogP contribution < -0.4 is 9.62 Å². The van der Waals surface area contributed by atoms with Crippen molar-refractivity contribution in [3.63, 3.8) is 0 Å². The Morgan fingerprint density at radius 1 is 1.33 bits per heavy atom. The lowest BCUT2D eigenvalue weighted by Gasteiger charge is -2.38. The first-order valence-electron chi connectivity index (χ1n) is 9.33. The van der Waals surface area contributed by atoms with Crippen LogP contribution in [0.4, 0.5) is 35.4 Å². The molecular formula is C17H21F3N6O2S2. The van der Waals surface area contributed by atoms with Gasteiger partial charge in [0.2, 0.25) is 0 Å². The first-order valence-corrected chi connectivity index (χ1v) is 11.7. The molecule has 0 amide bonds. The standard InChI is InChI=1S/C17H21F3N6O2S2/c1-3-4-9-26-11(2)5-6-12-14(26)8-7-13(22-24-16-23-21-10-29-16)15(12)25-30(27,28)17(18,19)20/h7-8,10-11,25H,3-6,9H2,1-2H3. The van der Waals surface area contributed by atoms with Gasteiger partial charge in [0.25, 0.3) is 5.13 Å². The third kappa shape index (κ3) is 4.72. The van der Waals surface area contributed by atoms with Crippen LogP contribution in [0.3, 0.4) is 0 Å². The van der Waals surface area contributed by atoms with Gasteiger partial charge in [0.05, 0.1) is 5.69 Å². The molecule has 0 bridgehead atoms. The van der Waals surface area contributed by atoms with Crippen LogP contribution in [0, 0.1) is 0 Å². The summed E-state index contributed by atoms with van der Waals surface area (Å²) in [4.78, 5) is 2.10. The van der Waals surface area contributed by atoms with Gasteiger partial charge in [-0.3, -0.25) is 4.72 Å². The van der Waals surface area contributed by atoms with E-state index in [4.69, 9.17) is 0 Å². The number of alkyl halides is 3. The van der Waals surface area contributed by atoms with Crippen LogP contribution in [0.5, 0.6) is 0 Å². The van der Waals surface area contributed by atoms with Gasteiger partial charge in [0.15, 0.2) is 0 Å². The van der Waals surface area contributed by atoms with E-state index in [0.29, 0.717) is 24.1 Å². The smallest absolute Gasteiger partial charge is 0.369 e. The summed E-state index contributed by atoms with van der Waals surface area (Å²) in [5.74, 6) is 0. The molecular weight excluding hydrogens is 441 g/mol. The number of hydrogen-bond acceptors (Lipinski definition) is 8. The van der Waals surface area contributed by atoms with Gasteiger partial charge in [0, 0.05) is 23.8 Å². The van der Waals surface area contributed by atoms with Crippen LogP contribution in [0.25, 0.3) is 0 Å². The van der Waals surface area contributed by atoms with E-state index in [2.05, 4.69) is 32.2 Å². The van der Waals surface area contributed by atoms with Crippen molar-refractivity contribution in [3.05, 3.63) is 23.2 Å². The number of unbranched alkanes of at least 4 members (excludes halogenated alkanes) is 1. The van der Waals surface area contributed by atoms with E-state index in [-0.39, 0.29) is 22.5 Å². The van der Waals surface area contributed by atoms with Crippen molar-refractivity contribution in [2.75, 3.05) is 16.2 Å². The molecule has 1 atom stereocenters. The molecule has 8 nitrogen and oxygen atoms in total. The molecule has 30 heavy (non-hydrogen) atoms. The number of fused-ring (bicyclic) bond motifs is 1. The van der Waals surface area contributed by atoms with E-state index >= 15 is 0 Å². The van der Waals surface area contributed by atoms with Crippen LogP contribution in [-0.4, -0.2) is 36.7 Å². The highest BCUT2D eigenvalue weighted by molar-refractivity contribution is 7.93. The lowest BCUT2D eigenvalue weighted by molar-refractivity contribution is -0.0429. The Morgan fingerprint density at radius 2 is 2.10 bits per heavy atom. The summed E-state index contributed by atoms with van der Waals surface area (Å²) in [7, 11) is -5.62. The zero-order chi connectivity index (χ0) is 21.9. The normalized spacial score (nSPS) is 17.4. The number of nitrogens with zero attached hydrogens (tertiary/aromatic N) is 5. The topological polar surface area (TPSA) is 99.9 Å². The first-order chi connectivity index (χ1) is 14.1. The minimum absolute atomic E-state index is 0.0123. The van der Waals surface area contributed by atoms with Crippen molar-refractivity contribution in [1.29, 1.82) is 0 Å². The van der Waals surface area contributed by atoms with Gasteiger partial charge in [-0.2, -0.15) is 21.6 Å². The second-order valence-corrected chi connectivity index (χ2v) is 9.35. The summed E-state index contributed by atoms with van der Waals surface area (Å²) in [5.41, 5.74) is -3.05. The van der Waals surface area contributed by atoms with E-state index in [1.165, 1.54) is 11.6 Å². The molecule has 2 heterocycles. The number of benzene rings is 1. The highest BCUT2D eigenvalue weighted by Crippen LogP contribution is 2.43. The lowest BCUT2D eigenvalue weighted by Crippen LogP contribution is -2.38. The van der Waals surface area contributed by atoms with Crippen molar-refractivity contribution in [2.45, 2.75) is 51.1 Å². The summed E-state index contributed by atoms with van der Waals surface area (Å²) >= 11 is 1.09. The van der Waals surface area contributed by atoms with Gasteiger partial charge in [0.1, 0.15) is 11.2 Å². The molecule has 2 aromatic rings. The van der Waals surface area contributed by atoms with Crippen LogP contribution in [-0.2, 0) is 16.4 Å². The van der Waals surface area contributed by atoms with E-state index in [1.807, 2.05) is 6.92 Å². The third-order valence-electron chi connectivity index (χ3n) is 4.81. The van der Waals surface area contributed by atoms with Crippen LogP contribution >= 0.6 is 11.3 Å². The average Bonchev–Trinajstić information content (AvgIpc) is 3.19. The lowest BCUT2D eigenvalue weighted by atomic mass is 9.94. The molecule has 1 aromatic carbocycles. The maximum atomic E-state index is 13.1. The Morgan fingerprint density at radius 3 is 2.73 bits per heavy atom. The Hall–Kier alpha value is -2.28. The number of rotatable bonds is 7. The zero-order valence-electron chi connectivity index (χ0n) is 16.3. The van der Waals surface area contributed by atoms with E-state index in [0.717, 1.165) is 30.7 Å². The maximum absolute atomic E-state index is 13.1. The Labute approximate surface area is 176 Å². The molecule has 0 fully saturated rings. The fourth-order valence-corrected chi connectivity index (χ4v) is 4.24. The van der Waals surface area contributed by atoms with E-state index < -0.39 is 15.5 Å². The molecule has 1 aromatic heterocycles. The van der Waals surface area contributed by atoms with Crippen LogP contribution in [0.1, 0.15) is 38.7 Å².